The molecule has 0 aliphatic heterocycles. The van der Waals surface area contributed by atoms with Crippen LogP contribution in [0.3, 0.4) is 0 Å². The van der Waals surface area contributed by atoms with E-state index in [9.17, 15) is 0 Å². The van der Waals surface area contributed by atoms with Gasteiger partial charge in [0.15, 0.2) is 0 Å². The van der Waals surface area contributed by atoms with Crippen LogP contribution in [0, 0.1) is 5.92 Å². The van der Waals surface area contributed by atoms with Gasteiger partial charge >= 0.3 is 0 Å². The minimum absolute atomic E-state index is 0.780. The minimum Gasteiger partial charge on any atom is -0.385 e. The van der Waals surface area contributed by atoms with Gasteiger partial charge in [0, 0.05) is 12.2 Å². The normalized spacial score (nSPS) is 16.0. The Labute approximate surface area is 126 Å². The van der Waals surface area contributed by atoms with Gasteiger partial charge in [0.25, 0.3) is 0 Å². The molecule has 2 aromatic rings. The van der Waals surface area contributed by atoms with Gasteiger partial charge in [-0.2, -0.15) is 5.10 Å². The van der Waals surface area contributed by atoms with E-state index in [-0.39, 0.29) is 0 Å². The smallest absolute Gasteiger partial charge is 0.137 e. The standard InChI is InChI=1S/C17H24N4/c1-2-4-15(5-3-1)10-11-19-17-8-6-16(7-9-17)12-21-14-18-13-20-21/h6-9,13-15,19H,1-5,10-12H2. The lowest BCUT2D eigenvalue weighted by Crippen LogP contribution is -2.12. The first kappa shape index (κ1) is 14.1. The maximum atomic E-state index is 4.13. The number of nitrogens with one attached hydrogen (secondary N) is 1. The van der Waals surface area contributed by atoms with Gasteiger partial charge in [-0.15, -0.1) is 0 Å². The molecule has 1 heterocycles. The van der Waals surface area contributed by atoms with Crippen LogP contribution in [0.25, 0.3) is 0 Å². The molecular formula is C17H24N4. The van der Waals surface area contributed by atoms with Crippen LogP contribution in [0.4, 0.5) is 5.69 Å². The summed E-state index contributed by atoms with van der Waals surface area (Å²) in [5, 5.41) is 7.67. The van der Waals surface area contributed by atoms with Gasteiger partial charge in [0.2, 0.25) is 0 Å². The van der Waals surface area contributed by atoms with Crippen LogP contribution in [0.15, 0.2) is 36.9 Å². The summed E-state index contributed by atoms with van der Waals surface area (Å²) in [6.45, 7) is 1.87. The Morgan fingerprint density at radius 3 is 2.62 bits per heavy atom. The summed E-state index contributed by atoms with van der Waals surface area (Å²) < 4.78 is 1.84. The maximum absolute atomic E-state index is 4.13. The topological polar surface area (TPSA) is 42.7 Å². The quantitative estimate of drug-likeness (QED) is 0.879. The lowest BCUT2D eigenvalue weighted by Gasteiger charge is -2.21. The van der Waals surface area contributed by atoms with Crippen molar-refractivity contribution in [2.24, 2.45) is 5.92 Å². The third kappa shape index (κ3) is 4.31. The average Bonchev–Trinajstić information content (AvgIpc) is 3.03. The molecule has 1 aromatic carbocycles. The molecule has 1 aliphatic carbocycles. The number of hydrogen-bond donors (Lipinski definition) is 1. The Morgan fingerprint density at radius 2 is 1.90 bits per heavy atom. The number of nitrogens with zero attached hydrogens (tertiary/aromatic N) is 3. The molecule has 21 heavy (non-hydrogen) atoms. The molecule has 4 nitrogen and oxygen atoms in total. The van der Waals surface area contributed by atoms with E-state index in [1.165, 1.54) is 49.8 Å². The second-order valence-electron chi connectivity index (χ2n) is 6.01. The fraction of sp³-hybridized carbons (Fsp3) is 0.529. The number of hydrogen-bond acceptors (Lipinski definition) is 3. The summed E-state index contributed by atoms with van der Waals surface area (Å²) in [7, 11) is 0. The maximum Gasteiger partial charge on any atom is 0.137 e. The molecule has 3 rings (SSSR count). The monoisotopic (exact) mass is 284 g/mol. The highest BCUT2D eigenvalue weighted by Crippen LogP contribution is 2.26. The molecule has 1 N–H and O–H groups in total. The van der Waals surface area contributed by atoms with Gasteiger partial charge in [-0.1, -0.05) is 44.2 Å². The molecule has 4 heteroatoms. The van der Waals surface area contributed by atoms with Crippen molar-refractivity contribution in [3.05, 3.63) is 42.5 Å². The Morgan fingerprint density at radius 1 is 1.10 bits per heavy atom. The van der Waals surface area contributed by atoms with Crippen LogP contribution in [-0.4, -0.2) is 21.3 Å². The fourth-order valence-electron chi connectivity index (χ4n) is 3.13. The Bertz CT molecular complexity index is 512. The summed E-state index contributed by atoms with van der Waals surface area (Å²) in [4.78, 5) is 3.96. The molecule has 0 spiro atoms. The third-order valence-electron chi connectivity index (χ3n) is 4.37. The highest BCUT2D eigenvalue weighted by atomic mass is 15.3. The van der Waals surface area contributed by atoms with Crippen molar-refractivity contribution >= 4 is 5.69 Å². The lowest BCUT2D eigenvalue weighted by atomic mass is 9.87. The zero-order valence-corrected chi connectivity index (χ0v) is 12.5. The summed E-state index contributed by atoms with van der Waals surface area (Å²) in [6, 6.07) is 8.63. The minimum atomic E-state index is 0.780. The summed E-state index contributed by atoms with van der Waals surface area (Å²) in [5.74, 6) is 0.942. The van der Waals surface area contributed by atoms with Crippen LogP contribution in [0.5, 0.6) is 0 Å². The van der Waals surface area contributed by atoms with E-state index in [0.29, 0.717) is 0 Å². The Kier molecular flexibility index (Phi) is 4.87. The van der Waals surface area contributed by atoms with Crippen molar-refractivity contribution in [1.29, 1.82) is 0 Å². The van der Waals surface area contributed by atoms with Gasteiger partial charge in [-0.05, 0) is 30.0 Å². The van der Waals surface area contributed by atoms with Gasteiger partial charge in [-0.3, -0.25) is 0 Å². The predicted molar refractivity (Wildman–Crippen MR) is 85.2 cm³/mol. The van der Waals surface area contributed by atoms with E-state index in [2.05, 4.69) is 39.7 Å². The van der Waals surface area contributed by atoms with Crippen LogP contribution >= 0.6 is 0 Å². The third-order valence-corrected chi connectivity index (χ3v) is 4.37. The highest BCUT2D eigenvalue weighted by molar-refractivity contribution is 5.44. The molecule has 0 bridgehead atoms. The lowest BCUT2D eigenvalue weighted by molar-refractivity contribution is 0.345. The van der Waals surface area contributed by atoms with Gasteiger partial charge < -0.3 is 5.32 Å². The zero-order valence-electron chi connectivity index (χ0n) is 12.5. The first-order valence-electron chi connectivity index (χ1n) is 8.05. The van der Waals surface area contributed by atoms with Crippen molar-refractivity contribution in [2.45, 2.75) is 45.1 Å². The molecule has 112 valence electrons. The largest absolute Gasteiger partial charge is 0.385 e. The van der Waals surface area contributed by atoms with Gasteiger partial charge in [0.05, 0.1) is 6.54 Å². The van der Waals surface area contributed by atoms with Crippen molar-refractivity contribution in [1.82, 2.24) is 14.8 Å². The molecular weight excluding hydrogens is 260 g/mol. The summed E-state index contributed by atoms with van der Waals surface area (Å²) >= 11 is 0. The molecule has 0 amide bonds. The first-order valence-corrected chi connectivity index (χ1v) is 8.05. The van der Waals surface area contributed by atoms with Crippen molar-refractivity contribution in [3.63, 3.8) is 0 Å². The van der Waals surface area contributed by atoms with E-state index >= 15 is 0 Å². The Balaban J connectivity index is 1.43. The molecule has 1 saturated carbocycles. The summed E-state index contributed by atoms with van der Waals surface area (Å²) in [6.07, 6.45) is 11.8. The first-order chi connectivity index (χ1) is 10.4. The van der Waals surface area contributed by atoms with E-state index in [4.69, 9.17) is 0 Å². The van der Waals surface area contributed by atoms with Crippen LogP contribution in [0.1, 0.15) is 44.1 Å². The molecule has 0 radical (unpaired) electrons. The number of anilines is 1. The molecule has 1 aromatic heterocycles. The number of rotatable bonds is 6. The number of benzene rings is 1. The van der Waals surface area contributed by atoms with Crippen molar-refractivity contribution in [2.75, 3.05) is 11.9 Å². The second-order valence-corrected chi connectivity index (χ2v) is 6.01. The SMILES string of the molecule is c1ncn(Cc2ccc(NCCC3CCCCC3)cc2)n1. The number of aromatic nitrogens is 3. The predicted octanol–water partition coefficient (Wildman–Crippen LogP) is 3.71. The van der Waals surface area contributed by atoms with Gasteiger partial charge in [0.1, 0.15) is 12.7 Å². The molecule has 0 unspecified atom stereocenters. The van der Waals surface area contributed by atoms with E-state index in [1.807, 2.05) is 4.68 Å². The van der Waals surface area contributed by atoms with E-state index in [0.717, 1.165) is 19.0 Å². The van der Waals surface area contributed by atoms with Gasteiger partial charge in [-0.25, -0.2) is 9.67 Å². The fourth-order valence-corrected chi connectivity index (χ4v) is 3.13. The van der Waals surface area contributed by atoms with Crippen molar-refractivity contribution in [3.8, 4) is 0 Å². The van der Waals surface area contributed by atoms with Crippen LogP contribution in [0.2, 0.25) is 0 Å². The molecule has 0 saturated heterocycles. The van der Waals surface area contributed by atoms with Crippen LogP contribution < -0.4 is 5.32 Å². The summed E-state index contributed by atoms with van der Waals surface area (Å²) in [5.41, 5.74) is 2.46. The van der Waals surface area contributed by atoms with Crippen LogP contribution in [-0.2, 0) is 6.54 Å². The molecule has 1 fully saturated rings. The van der Waals surface area contributed by atoms with E-state index in [1.54, 1.807) is 12.7 Å². The highest BCUT2D eigenvalue weighted by Gasteiger charge is 2.12. The molecule has 0 atom stereocenters. The van der Waals surface area contributed by atoms with Crippen molar-refractivity contribution < 1.29 is 0 Å². The average molecular weight is 284 g/mol. The Hall–Kier alpha value is -1.84. The van der Waals surface area contributed by atoms with E-state index < -0.39 is 0 Å². The zero-order chi connectivity index (χ0) is 14.3. The molecule has 1 aliphatic rings. The second kappa shape index (κ2) is 7.25.